The highest BCUT2D eigenvalue weighted by molar-refractivity contribution is 7.85. The average Bonchev–Trinajstić information content (AvgIpc) is 2.81. The molecular weight excluding hydrogens is 532 g/mol. The van der Waals surface area contributed by atoms with Crippen LogP contribution in [0.2, 0.25) is 0 Å². The number of pyridine rings is 1. The highest BCUT2D eigenvalue weighted by atomic mass is 32.2. The number of hydrogen-bond donors (Lipinski definition) is 3. The number of benzene rings is 1. The Morgan fingerprint density at radius 2 is 1.97 bits per heavy atom. The standard InChI is InChI=1S/C22H26F3N6O4PS/c1-4-35-36(32,33)14-15-7-5-9-17(11-15)29-21-28-13-18(22(23,24)25)19(30-21)27-12-16-8-6-10-26-20(16)31(2)37(3)34/h5-11,13H,4,12,14H2,1-3H3,(H,32,33)(H2,27,28,29,30). The summed E-state index contributed by atoms with van der Waals surface area (Å²) in [4.78, 5) is 21.9. The first-order valence-electron chi connectivity index (χ1n) is 10.9. The monoisotopic (exact) mass is 558 g/mol. The fraction of sp³-hybridized carbons (Fsp3) is 0.318. The molecule has 0 aliphatic heterocycles. The van der Waals surface area contributed by atoms with Gasteiger partial charge in [-0.2, -0.15) is 18.2 Å². The molecule has 0 saturated carbocycles. The summed E-state index contributed by atoms with van der Waals surface area (Å²) >= 11 is 0. The lowest BCUT2D eigenvalue weighted by molar-refractivity contribution is -0.137. The van der Waals surface area contributed by atoms with Crippen molar-refractivity contribution >= 4 is 41.9 Å². The summed E-state index contributed by atoms with van der Waals surface area (Å²) in [6.45, 7) is 1.60. The van der Waals surface area contributed by atoms with E-state index in [2.05, 4.69) is 25.6 Å². The Morgan fingerprint density at radius 1 is 1.22 bits per heavy atom. The van der Waals surface area contributed by atoms with E-state index in [1.807, 2.05) is 0 Å². The van der Waals surface area contributed by atoms with Crippen LogP contribution in [-0.2, 0) is 39.0 Å². The molecule has 2 heterocycles. The Kier molecular flexibility index (Phi) is 9.24. The molecule has 2 atom stereocenters. The molecule has 0 fully saturated rings. The molecule has 2 unspecified atom stereocenters. The van der Waals surface area contributed by atoms with Crippen LogP contribution >= 0.6 is 7.60 Å². The summed E-state index contributed by atoms with van der Waals surface area (Å²) in [5.41, 5.74) is 0.330. The first kappa shape index (κ1) is 28.5. The molecule has 3 rings (SSSR count). The van der Waals surface area contributed by atoms with E-state index in [0.717, 1.165) is 0 Å². The van der Waals surface area contributed by atoms with Crippen LogP contribution < -0.4 is 14.9 Å². The van der Waals surface area contributed by atoms with E-state index < -0.39 is 36.1 Å². The number of nitrogens with one attached hydrogen (secondary N) is 2. The minimum absolute atomic E-state index is 0.0774. The van der Waals surface area contributed by atoms with Crippen molar-refractivity contribution in [3.63, 3.8) is 0 Å². The summed E-state index contributed by atoms with van der Waals surface area (Å²) in [5.74, 6) is -0.239. The van der Waals surface area contributed by atoms with Gasteiger partial charge in [-0.25, -0.2) is 14.2 Å². The van der Waals surface area contributed by atoms with Gasteiger partial charge in [0.05, 0.1) is 12.8 Å². The van der Waals surface area contributed by atoms with Crippen LogP contribution in [0, 0.1) is 0 Å². The molecule has 1 aromatic carbocycles. The molecule has 0 aliphatic carbocycles. The van der Waals surface area contributed by atoms with Crippen LogP contribution in [0.25, 0.3) is 0 Å². The molecule has 15 heteroatoms. The molecule has 3 N–H and O–H groups in total. The molecule has 0 saturated heterocycles. The van der Waals surface area contributed by atoms with E-state index in [1.165, 1.54) is 16.8 Å². The van der Waals surface area contributed by atoms with Gasteiger partial charge in [0.1, 0.15) is 28.2 Å². The number of hydrogen-bond acceptors (Lipinski definition) is 8. The number of aromatic nitrogens is 3. The first-order valence-corrected chi connectivity index (χ1v) is 14.2. The third-order valence-corrected chi connectivity index (χ3v) is 7.36. The van der Waals surface area contributed by atoms with Gasteiger partial charge in [0.25, 0.3) is 0 Å². The molecule has 10 nitrogen and oxygen atoms in total. The number of alkyl halides is 3. The van der Waals surface area contributed by atoms with Crippen molar-refractivity contribution in [3.8, 4) is 0 Å². The van der Waals surface area contributed by atoms with Crippen molar-refractivity contribution in [1.29, 1.82) is 0 Å². The summed E-state index contributed by atoms with van der Waals surface area (Å²) in [6.07, 6.45) is -1.34. The van der Waals surface area contributed by atoms with Crippen molar-refractivity contribution in [2.24, 2.45) is 0 Å². The fourth-order valence-corrected chi connectivity index (χ4v) is 4.85. The lowest BCUT2D eigenvalue weighted by Crippen LogP contribution is -2.22. The predicted octanol–water partition coefficient (Wildman–Crippen LogP) is 4.70. The Labute approximate surface area is 214 Å². The molecule has 0 spiro atoms. The second-order valence-electron chi connectivity index (χ2n) is 7.75. The highest BCUT2D eigenvalue weighted by Gasteiger charge is 2.35. The molecule has 2 aromatic heterocycles. The molecule has 0 aliphatic rings. The van der Waals surface area contributed by atoms with Crippen molar-refractivity contribution in [1.82, 2.24) is 15.0 Å². The maximum Gasteiger partial charge on any atom is 0.421 e. The van der Waals surface area contributed by atoms with E-state index >= 15 is 0 Å². The normalized spacial score (nSPS) is 14.0. The van der Waals surface area contributed by atoms with Crippen LogP contribution in [-0.4, -0.2) is 44.0 Å². The van der Waals surface area contributed by atoms with E-state index in [1.54, 1.807) is 50.4 Å². The average molecular weight is 559 g/mol. The maximum absolute atomic E-state index is 13.7. The van der Waals surface area contributed by atoms with E-state index in [0.29, 0.717) is 28.8 Å². The van der Waals surface area contributed by atoms with Gasteiger partial charge in [-0.1, -0.05) is 18.2 Å². The number of rotatable bonds is 11. The van der Waals surface area contributed by atoms with Crippen LogP contribution in [0.3, 0.4) is 0 Å². The molecular formula is C22H26F3N6O4PS. The highest BCUT2D eigenvalue weighted by Crippen LogP contribution is 2.45. The summed E-state index contributed by atoms with van der Waals surface area (Å²) < 4.78 is 71.2. The van der Waals surface area contributed by atoms with Gasteiger partial charge in [0.2, 0.25) is 5.95 Å². The van der Waals surface area contributed by atoms with Gasteiger partial charge in [-0.05, 0) is 30.7 Å². The van der Waals surface area contributed by atoms with E-state index in [9.17, 15) is 26.8 Å². The lowest BCUT2D eigenvalue weighted by Gasteiger charge is -2.19. The number of nitrogens with zero attached hydrogens (tertiary/aromatic N) is 4. The van der Waals surface area contributed by atoms with Crippen molar-refractivity contribution in [3.05, 3.63) is 65.5 Å². The minimum Gasteiger partial charge on any atom is -0.365 e. The largest absolute Gasteiger partial charge is 0.421 e. The van der Waals surface area contributed by atoms with Gasteiger partial charge in [0.15, 0.2) is 0 Å². The molecule has 37 heavy (non-hydrogen) atoms. The first-order chi connectivity index (χ1) is 17.4. The minimum atomic E-state index is -4.72. The van der Waals surface area contributed by atoms with Gasteiger partial charge in [-0.15, -0.1) is 0 Å². The lowest BCUT2D eigenvalue weighted by atomic mass is 10.2. The zero-order chi connectivity index (χ0) is 27.2. The smallest absolute Gasteiger partial charge is 0.365 e. The molecule has 200 valence electrons. The van der Waals surface area contributed by atoms with Gasteiger partial charge >= 0.3 is 13.8 Å². The molecule has 3 aromatic rings. The third kappa shape index (κ3) is 7.96. The summed E-state index contributed by atoms with van der Waals surface area (Å²) in [7, 11) is -3.65. The zero-order valence-corrected chi connectivity index (χ0v) is 21.9. The SMILES string of the molecule is CCOP(=O)(O)Cc1cccc(Nc2ncc(C(F)(F)F)c(NCc3cccnc3N(C)S(C)=O)n2)c1. The van der Waals surface area contributed by atoms with Gasteiger partial charge in [0, 0.05) is 43.5 Å². The van der Waals surface area contributed by atoms with Gasteiger partial charge < -0.3 is 20.1 Å². The summed E-state index contributed by atoms with van der Waals surface area (Å²) in [6, 6.07) is 9.68. The van der Waals surface area contributed by atoms with E-state index in [4.69, 9.17) is 4.52 Å². The van der Waals surface area contributed by atoms with E-state index in [-0.39, 0.29) is 25.3 Å². The van der Waals surface area contributed by atoms with Crippen LogP contribution in [0.1, 0.15) is 23.6 Å². The van der Waals surface area contributed by atoms with Gasteiger partial charge in [-0.3, -0.25) is 8.87 Å². The Balaban J connectivity index is 1.86. The number of halogens is 3. The molecule has 0 amide bonds. The fourth-order valence-electron chi connectivity index (χ4n) is 3.29. The maximum atomic E-state index is 13.7. The van der Waals surface area contributed by atoms with Crippen molar-refractivity contribution in [2.75, 3.05) is 34.8 Å². The Bertz CT molecular complexity index is 1310. The quantitative estimate of drug-likeness (QED) is 0.287. The van der Waals surface area contributed by atoms with Crippen molar-refractivity contribution < 1.29 is 31.4 Å². The topological polar surface area (TPSA) is 130 Å². The second kappa shape index (κ2) is 12.0. The van der Waals surface area contributed by atoms with Crippen LogP contribution in [0.15, 0.2) is 48.8 Å². The molecule has 0 radical (unpaired) electrons. The van der Waals surface area contributed by atoms with Crippen molar-refractivity contribution in [2.45, 2.75) is 25.8 Å². The summed E-state index contributed by atoms with van der Waals surface area (Å²) in [5, 5.41) is 5.51. The Hall–Kier alpha value is -3.06. The number of anilines is 4. The molecule has 0 bridgehead atoms. The Morgan fingerprint density at radius 3 is 2.65 bits per heavy atom. The van der Waals surface area contributed by atoms with Crippen LogP contribution in [0.5, 0.6) is 0 Å². The third-order valence-electron chi connectivity index (χ3n) is 4.99. The van der Waals surface area contributed by atoms with Crippen LogP contribution in [0.4, 0.5) is 36.4 Å². The predicted molar refractivity (Wildman–Crippen MR) is 136 cm³/mol. The zero-order valence-electron chi connectivity index (χ0n) is 20.2. The second-order valence-corrected chi connectivity index (χ2v) is 11.0.